The zero-order chi connectivity index (χ0) is 25.1. The van der Waals surface area contributed by atoms with Crippen LogP contribution in [-0.2, 0) is 25.5 Å². The molecule has 0 aliphatic carbocycles. The fourth-order valence-corrected chi connectivity index (χ4v) is 4.27. The maximum atomic E-state index is 13.3. The van der Waals surface area contributed by atoms with Crippen molar-refractivity contribution in [3.05, 3.63) is 99.5 Å². The zero-order valence-corrected chi connectivity index (χ0v) is 20.6. The minimum atomic E-state index is -0.889. The van der Waals surface area contributed by atoms with Crippen LogP contribution in [0.4, 0.5) is 5.69 Å². The third-order valence-corrected chi connectivity index (χ3v) is 6.29. The van der Waals surface area contributed by atoms with Gasteiger partial charge in [0.2, 0.25) is 0 Å². The van der Waals surface area contributed by atoms with E-state index in [1.807, 2.05) is 0 Å². The number of ketones is 1. The van der Waals surface area contributed by atoms with E-state index in [1.165, 1.54) is 19.1 Å². The van der Waals surface area contributed by atoms with Crippen molar-refractivity contribution in [2.45, 2.75) is 12.5 Å². The third-order valence-electron chi connectivity index (χ3n) is 5.76. The van der Waals surface area contributed by atoms with Gasteiger partial charge in [0.05, 0.1) is 32.3 Å². The van der Waals surface area contributed by atoms with Crippen LogP contribution in [0, 0.1) is 0 Å². The molecule has 8 heteroatoms. The molecule has 1 aliphatic heterocycles. The minimum absolute atomic E-state index is 0.0239. The van der Waals surface area contributed by atoms with Gasteiger partial charge in [0.25, 0.3) is 11.7 Å². The van der Waals surface area contributed by atoms with Crippen molar-refractivity contribution in [2.24, 2.45) is 0 Å². The van der Waals surface area contributed by atoms with E-state index in [4.69, 9.17) is 9.47 Å². The first-order valence-corrected chi connectivity index (χ1v) is 11.5. The zero-order valence-electron chi connectivity index (χ0n) is 19.0. The van der Waals surface area contributed by atoms with E-state index < -0.39 is 17.7 Å². The van der Waals surface area contributed by atoms with E-state index >= 15 is 0 Å². The number of ether oxygens (including phenoxy) is 2. The molecule has 1 unspecified atom stereocenters. The van der Waals surface area contributed by atoms with Crippen molar-refractivity contribution in [3.8, 4) is 5.75 Å². The lowest BCUT2D eigenvalue weighted by molar-refractivity contribution is -0.139. The van der Waals surface area contributed by atoms with E-state index in [1.54, 1.807) is 72.8 Å². The SMILES string of the molecule is COC(=O)Cc1ccc(N2C(=O)C(=O)/C(=C(\O)c3ccc(Br)cc3)C2c2cccc(OC)c2)cc1. The third kappa shape index (κ3) is 4.83. The smallest absolute Gasteiger partial charge is 0.309 e. The summed E-state index contributed by atoms with van der Waals surface area (Å²) in [6, 6.07) is 19.7. The van der Waals surface area contributed by atoms with Crippen LogP contribution in [0.1, 0.15) is 22.7 Å². The largest absolute Gasteiger partial charge is 0.507 e. The maximum Gasteiger partial charge on any atom is 0.309 e. The Balaban J connectivity index is 1.86. The van der Waals surface area contributed by atoms with Crippen molar-refractivity contribution in [1.82, 2.24) is 0 Å². The maximum absolute atomic E-state index is 13.3. The van der Waals surface area contributed by atoms with Gasteiger partial charge in [0, 0.05) is 15.7 Å². The fraction of sp³-hybridized carbons (Fsp3) is 0.148. The van der Waals surface area contributed by atoms with Crippen LogP contribution in [0.3, 0.4) is 0 Å². The number of anilines is 1. The Kier molecular flexibility index (Phi) is 7.02. The quantitative estimate of drug-likeness (QED) is 0.211. The summed E-state index contributed by atoms with van der Waals surface area (Å²) in [4.78, 5) is 39.5. The lowest BCUT2D eigenvalue weighted by Crippen LogP contribution is -2.29. The summed E-state index contributed by atoms with van der Waals surface area (Å²) in [5, 5.41) is 11.2. The van der Waals surface area contributed by atoms with Gasteiger partial charge >= 0.3 is 5.97 Å². The molecule has 0 radical (unpaired) electrons. The Morgan fingerprint density at radius 1 is 1.00 bits per heavy atom. The number of hydrogen-bond donors (Lipinski definition) is 1. The van der Waals surface area contributed by atoms with Crippen molar-refractivity contribution in [1.29, 1.82) is 0 Å². The van der Waals surface area contributed by atoms with Gasteiger partial charge in [0.1, 0.15) is 11.5 Å². The van der Waals surface area contributed by atoms with Gasteiger partial charge in [-0.3, -0.25) is 19.3 Å². The number of nitrogens with zero attached hydrogens (tertiary/aromatic N) is 1. The first-order chi connectivity index (χ1) is 16.8. The second kappa shape index (κ2) is 10.1. The average Bonchev–Trinajstić information content (AvgIpc) is 3.14. The first kappa shape index (κ1) is 24.2. The highest BCUT2D eigenvalue weighted by atomic mass is 79.9. The summed E-state index contributed by atoms with van der Waals surface area (Å²) >= 11 is 3.36. The molecule has 178 valence electrons. The van der Waals surface area contributed by atoms with Crippen LogP contribution in [-0.4, -0.2) is 37.0 Å². The lowest BCUT2D eigenvalue weighted by atomic mass is 9.95. The van der Waals surface area contributed by atoms with Crippen LogP contribution >= 0.6 is 15.9 Å². The molecule has 0 spiro atoms. The predicted molar refractivity (Wildman–Crippen MR) is 134 cm³/mol. The molecule has 1 fully saturated rings. The Labute approximate surface area is 210 Å². The summed E-state index contributed by atoms with van der Waals surface area (Å²) in [6.45, 7) is 0. The number of rotatable bonds is 6. The molecule has 3 aromatic carbocycles. The van der Waals surface area contributed by atoms with E-state index in [9.17, 15) is 19.5 Å². The summed E-state index contributed by atoms with van der Waals surface area (Å²) in [5.74, 6) is -1.67. The number of Topliss-reactive ketones (excluding diaryl/α,β-unsaturated/α-hetero) is 1. The van der Waals surface area contributed by atoms with E-state index in [-0.39, 0.29) is 23.7 Å². The molecular formula is C27H22BrNO6. The number of aliphatic hydroxyl groups excluding tert-OH is 1. The summed E-state index contributed by atoms with van der Waals surface area (Å²) in [6.07, 6.45) is 0.0818. The molecule has 0 bridgehead atoms. The van der Waals surface area contributed by atoms with Gasteiger partial charge in [-0.25, -0.2) is 0 Å². The summed E-state index contributed by atoms with van der Waals surface area (Å²) < 4.78 is 10.9. The molecule has 1 heterocycles. The van der Waals surface area contributed by atoms with E-state index in [0.29, 0.717) is 28.1 Å². The van der Waals surface area contributed by atoms with Crippen molar-refractivity contribution < 1.29 is 29.0 Å². The number of halogens is 1. The second-order valence-corrected chi connectivity index (χ2v) is 8.79. The van der Waals surface area contributed by atoms with Crippen LogP contribution in [0.15, 0.2) is 82.8 Å². The minimum Gasteiger partial charge on any atom is -0.507 e. The highest BCUT2D eigenvalue weighted by Crippen LogP contribution is 2.43. The van der Waals surface area contributed by atoms with Crippen LogP contribution in [0.5, 0.6) is 5.75 Å². The number of carbonyl (C=O) groups excluding carboxylic acids is 3. The molecule has 3 aromatic rings. The Bertz CT molecular complexity index is 1310. The normalized spacial score (nSPS) is 16.9. The van der Waals surface area contributed by atoms with Crippen LogP contribution in [0.2, 0.25) is 0 Å². The highest BCUT2D eigenvalue weighted by Gasteiger charge is 2.47. The average molecular weight is 536 g/mol. The van der Waals surface area contributed by atoms with Crippen LogP contribution < -0.4 is 9.64 Å². The fourth-order valence-electron chi connectivity index (χ4n) is 4.00. The monoisotopic (exact) mass is 535 g/mol. The van der Waals surface area contributed by atoms with E-state index in [2.05, 4.69) is 15.9 Å². The summed E-state index contributed by atoms with van der Waals surface area (Å²) in [7, 11) is 2.84. The van der Waals surface area contributed by atoms with Crippen molar-refractivity contribution >= 4 is 45.0 Å². The van der Waals surface area contributed by atoms with Gasteiger partial charge in [-0.05, 0) is 47.5 Å². The molecule has 35 heavy (non-hydrogen) atoms. The number of benzene rings is 3. The first-order valence-electron chi connectivity index (χ1n) is 10.7. The number of hydrogen-bond acceptors (Lipinski definition) is 6. The molecule has 1 saturated heterocycles. The molecular weight excluding hydrogens is 514 g/mol. The number of methoxy groups -OCH3 is 2. The molecule has 0 aromatic heterocycles. The molecule has 1 atom stereocenters. The van der Waals surface area contributed by atoms with Crippen molar-refractivity contribution in [2.75, 3.05) is 19.1 Å². The van der Waals surface area contributed by atoms with Crippen molar-refractivity contribution in [3.63, 3.8) is 0 Å². The van der Waals surface area contributed by atoms with Gasteiger partial charge in [0.15, 0.2) is 0 Å². The lowest BCUT2D eigenvalue weighted by Gasteiger charge is -2.26. The highest BCUT2D eigenvalue weighted by molar-refractivity contribution is 9.10. The topological polar surface area (TPSA) is 93.1 Å². The Morgan fingerprint density at radius 2 is 1.69 bits per heavy atom. The molecule has 0 saturated carbocycles. The number of carbonyl (C=O) groups is 3. The summed E-state index contributed by atoms with van der Waals surface area (Å²) in [5.41, 5.74) is 2.13. The number of aliphatic hydroxyl groups is 1. The molecule has 1 aliphatic rings. The molecule has 1 amide bonds. The molecule has 7 nitrogen and oxygen atoms in total. The molecule has 1 N–H and O–H groups in total. The van der Waals surface area contributed by atoms with Gasteiger partial charge in [-0.1, -0.05) is 52.3 Å². The molecule has 4 rings (SSSR count). The van der Waals surface area contributed by atoms with Gasteiger partial charge in [-0.2, -0.15) is 0 Å². The van der Waals surface area contributed by atoms with Gasteiger partial charge < -0.3 is 14.6 Å². The second-order valence-electron chi connectivity index (χ2n) is 7.87. The van der Waals surface area contributed by atoms with E-state index in [0.717, 1.165) is 4.47 Å². The van der Waals surface area contributed by atoms with Gasteiger partial charge in [-0.15, -0.1) is 0 Å². The Hall–Kier alpha value is -3.91. The predicted octanol–water partition coefficient (Wildman–Crippen LogP) is 4.80. The standard InChI is InChI=1S/C27H22BrNO6/c1-34-21-5-3-4-18(15-21)24-23(25(31)17-8-10-19(28)11-9-17)26(32)27(33)29(24)20-12-6-16(7-13-20)14-22(30)35-2/h3-13,15,24,31H,14H2,1-2H3/b25-23-. The number of amides is 1. The Morgan fingerprint density at radius 3 is 2.31 bits per heavy atom. The van der Waals surface area contributed by atoms with Crippen LogP contribution in [0.25, 0.3) is 5.76 Å². The number of esters is 1.